The molecule has 0 aliphatic carbocycles. The first-order valence-electron chi connectivity index (χ1n) is 9.63. The molecular weight excluding hydrogens is 470 g/mol. The topological polar surface area (TPSA) is 51.2 Å². The molecular formula is C24H17Cl2FN2O2S. The number of ether oxygens (including phenoxy) is 1. The van der Waals surface area contributed by atoms with E-state index in [0.29, 0.717) is 38.7 Å². The molecule has 0 spiro atoms. The predicted molar refractivity (Wildman–Crippen MR) is 126 cm³/mol. The summed E-state index contributed by atoms with van der Waals surface area (Å²) in [5.41, 5.74) is 2.72. The van der Waals surface area contributed by atoms with Crippen molar-refractivity contribution in [2.45, 2.75) is 13.2 Å². The SMILES string of the molecule is O=C(NCc1cccc(F)c1)c1csc(-c2ccc(OCc3ccc(Cl)cc3Cl)cc2)n1. The number of nitrogens with zero attached hydrogens (tertiary/aromatic N) is 1. The Morgan fingerprint density at radius 2 is 1.88 bits per heavy atom. The molecule has 0 fully saturated rings. The summed E-state index contributed by atoms with van der Waals surface area (Å²) < 4.78 is 19.1. The van der Waals surface area contributed by atoms with Gasteiger partial charge in [0.1, 0.15) is 28.9 Å². The van der Waals surface area contributed by atoms with Crippen molar-refractivity contribution in [3.63, 3.8) is 0 Å². The average molecular weight is 487 g/mol. The number of carbonyl (C=O) groups is 1. The van der Waals surface area contributed by atoms with Crippen LogP contribution < -0.4 is 10.1 Å². The third kappa shape index (κ3) is 5.65. The minimum absolute atomic E-state index is 0.229. The van der Waals surface area contributed by atoms with Crippen LogP contribution in [0.3, 0.4) is 0 Å². The lowest BCUT2D eigenvalue weighted by molar-refractivity contribution is 0.0946. The first-order chi connectivity index (χ1) is 15.5. The maximum Gasteiger partial charge on any atom is 0.271 e. The number of amides is 1. The molecule has 0 radical (unpaired) electrons. The second-order valence-corrected chi connectivity index (χ2v) is 8.60. The number of carbonyl (C=O) groups excluding carboxylic acids is 1. The van der Waals surface area contributed by atoms with Gasteiger partial charge in [-0.25, -0.2) is 9.37 Å². The minimum Gasteiger partial charge on any atom is -0.489 e. The third-order valence-electron chi connectivity index (χ3n) is 4.59. The lowest BCUT2D eigenvalue weighted by Gasteiger charge is -2.08. The van der Waals surface area contributed by atoms with Crippen LogP contribution in [0, 0.1) is 5.82 Å². The van der Waals surface area contributed by atoms with Crippen molar-refractivity contribution in [3.8, 4) is 16.3 Å². The zero-order chi connectivity index (χ0) is 22.5. The number of thiazole rings is 1. The van der Waals surface area contributed by atoms with Crippen LogP contribution in [-0.4, -0.2) is 10.9 Å². The van der Waals surface area contributed by atoms with E-state index in [9.17, 15) is 9.18 Å². The fraction of sp³-hybridized carbons (Fsp3) is 0.0833. The Balaban J connectivity index is 1.35. The summed E-state index contributed by atoms with van der Waals surface area (Å²) in [6, 6.07) is 18.8. The predicted octanol–water partition coefficient (Wildman–Crippen LogP) is 6.77. The monoisotopic (exact) mass is 486 g/mol. The first kappa shape index (κ1) is 22.3. The highest BCUT2D eigenvalue weighted by molar-refractivity contribution is 7.13. The maximum atomic E-state index is 13.3. The lowest BCUT2D eigenvalue weighted by Crippen LogP contribution is -2.23. The summed E-state index contributed by atoms with van der Waals surface area (Å²) in [5, 5.41) is 6.30. The van der Waals surface area contributed by atoms with Crippen molar-refractivity contribution in [2.75, 3.05) is 0 Å². The molecule has 0 atom stereocenters. The van der Waals surface area contributed by atoms with Gasteiger partial charge in [-0.2, -0.15) is 0 Å². The average Bonchev–Trinajstić information content (AvgIpc) is 3.28. The second kappa shape index (κ2) is 10.1. The fourth-order valence-corrected chi connectivity index (χ4v) is 4.19. The summed E-state index contributed by atoms with van der Waals surface area (Å²) in [6.07, 6.45) is 0. The van der Waals surface area contributed by atoms with Gasteiger partial charge in [0.2, 0.25) is 0 Å². The van der Waals surface area contributed by atoms with Crippen LogP contribution in [0.5, 0.6) is 5.75 Å². The van der Waals surface area contributed by atoms with Gasteiger partial charge in [0.05, 0.1) is 0 Å². The third-order valence-corrected chi connectivity index (χ3v) is 6.07. The minimum atomic E-state index is -0.337. The molecule has 4 rings (SSSR count). The van der Waals surface area contributed by atoms with Gasteiger partial charge in [-0.05, 0) is 54.1 Å². The van der Waals surface area contributed by atoms with Crippen molar-refractivity contribution >= 4 is 40.4 Å². The number of rotatable bonds is 7. The Kier molecular flexibility index (Phi) is 7.05. The van der Waals surface area contributed by atoms with Gasteiger partial charge < -0.3 is 10.1 Å². The Morgan fingerprint density at radius 1 is 1.06 bits per heavy atom. The van der Waals surface area contributed by atoms with Crippen LogP contribution in [0.15, 0.2) is 72.1 Å². The smallest absolute Gasteiger partial charge is 0.271 e. The molecule has 0 saturated carbocycles. The molecule has 4 aromatic rings. The second-order valence-electron chi connectivity index (χ2n) is 6.90. The summed E-state index contributed by atoms with van der Waals surface area (Å²) in [5.74, 6) is 0.0392. The van der Waals surface area contributed by atoms with Gasteiger partial charge in [0.25, 0.3) is 5.91 Å². The Bertz CT molecular complexity index is 1240. The van der Waals surface area contributed by atoms with E-state index in [1.165, 1.54) is 23.5 Å². The van der Waals surface area contributed by atoms with E-state index in [4.69, 9.17) is 27.9 Å². The fourth-order valence-electron chi connectivity index (χ4n) is 2.92. The van der Waals surface area contributed by atoms with Crippen molar-refractivity contribution in [3.05, 3.63) is 105 Å². The molecule has 1 heterocycles. The first-order valence-corrected chi connectivity index (χ1v) is 11.3. The number of nitrogens with one attached hydrogen (secondary N) is 1. The van der Waals surface area contributed by atoms with Gasteiger partial charge in [0, 0.05) is 33.1 Å². The molecule has 162 valence electrons. The largest absolute Gasteiger partial charge is 0.489 e. The molecule has 0 aliphatic heterocycles. The van der Waals surface area contributed by atoms with E-state index >= 15 is 0 Å². The number of benzene rings is 3. The van der Waals surface area contributed by atoms with Crippen molar-refractivity contribution in [1.82, 2.24) is 10.3 Å². The van der Waals surface area contributed by atoms with E-state index in [2.05, 4.69) is 10.3 Å². The van der Waals surface area contributed by atoms with Crippen LogP contribution in [0.25, 0.3) is 10.6 Å². The summed E-state index contributed by atoms with van der Waals surface area (Å²) in [7, 11) is 0. The molecule has 1 N–H and O–H groups in total. The Morgan fingerprint density at radius 3 is 2.62 bits per heavy atom. The van der Waals surface area contributed by atoms with Gasteiger partial charge in [-0.15, -0.1) is 11.3 Å². The van der Waals surface area contributed by atoms with E-state index < -0.39 is 0 Å². The summed E-state index contributed by atoms with van der Waals surface area (Å²) >= 11 is 13.5. The van der Waals surface area contributed by atoms with Crippen LogP contribution in [0.1, 0.15) is 21.6 Å². The molecule has 0 aliphatic rings. The Labute approximate surface area is 198 Å². The van der Waals surface area contributed by atoms with Crippen LogP contribution in [0.2, 0.25) is 10.0 Å². The quantitative estimate of drug-likeness (QED) is 0.313. The van der Waals surface area contributed by atoms with Gasteiger partial charge >= 0.3 is 0 Å². The molecule has 8 heteroatoms. The number of aromatic nitrogens is 1. The van der Waals surface area contributed by atoms with Crippen molar-refractivity contribution in [1.29, 1.82) is 0 Å². The van der Waals surface area contributed by atoms with Crippen LogP contribution in [0.4, 0.5) is 4.39 Å². The van der Waals surface area contributed by atoms with Gasteiger partial charge in [0.15, 0.2) is 0 Å². The van der Waals surface area contributed by atoms with E-state index in [1.54, 1.807) is 29.6 Å². The summed E-state index contributed by atoms with van der Waals surface area (Å²) in [4.78, 5) is 16.8. The van der Waals surface area contributed by atoms with E-state index in [1.807, 2.05) is 30.3 Å². The van der Waals surface area contributed by atoms with Crippen molar-refractivity contribution in [2.24, 2.45) is 0 Å². The number of hydrogen-bond acceptors (Lipinski definition) is 4. The molecule has 4 nitrogen and oxygen atoms in total. The molecule has 0 unspecified atom stereocenters. The lowest BCUT2D eigenvalue weighted by atomic mass is 10.2. The van der Waals surface area contributed by atoms with Crippen LogP contribution >= 0.6 is 34.5 Å². The maximum absolute atomic E-state index is 13.3. The normalized spacial score (nSPS) is 10.7. The van der Waals surface area contributed by atoms with Gasteiger partial charge in [-0.3, -0.25) is 4.79 Å². The molecule has 3 aromatic carbocycles. The molecule has 32 heavy (non-hydrogen) atoms. The highest BCUT2D eigenvalue weighted by Crippen LogP contribution is 2.27. The molecule has 0 saturated heterocycles. The van der Waals surface area contributed by atoms with Gasteiger partial charge in [-0.1, -0.05) is 41.4 Å². The van der Waals surface area contributed by atoms with E-state index in [0.717, 1.165) is 11.1 Å². The highest BCUT2D eigenvalue weighted by atomic mass is 35.5. The standard InChI is InChI=1S/C24H17Cl2FN2O2S/c25-18-7-4-17(21(26)11-18)13-31-20-8-5-16(6-9-20)24-29-22(14-32-24)23(30)28-12-15-2-1-3-19(27)10-15/h1-11,14H,12-13H2,(H,28,30). The summed E-state index contributed by atoms with van der Waals surface area (Å²) in [6.45, 7) is 0.551. The van der Waals surface area contributed by atoms with E-state index in [-0.39, 0.29) is 18.3 Å². The zero-order valence-electron chi connectivity index (χ0n) is 16.6. The molecule has 1 amide bonds. The Hall–Kier alpha value is -2.93. The molecule has 0 bridgehead atoms. The van der Waals surface area contributed by atoms with Crippen LogP contribution in [-0.2, 0) is 13.2 Å². The zero-order valence-corrected chi connectivity index (χ0v) is 19.0. The molecule has 1 aromatic heterocycles. The van der Waals surface area contributed by atoms with Crippen molar-refractivity contribution < 1.29 is 13.9 Å². The number of hydrogen-bond donors (Lipinski definition) is 1. The number of halogens is 3. The highest BCUT2D eigenvalue weighted by Gasteiger charge is 2.12.